The maximum absolute atomic E-state index is 12.8. The lowest BCUT2D eigenvalue weighted by Gasteiger charge is -2.12. The highest BCUT2D eigenvalue weighted by atomic mass is 35.5. The van der Waals surface area contributed by atoms with Crippen molar-refractivity contribution in [2.24, 2.45) is 0 Å². The standard InChI is InChI=1S/C24H22ClN3O3/c1-30-21-12-11-16(13-22(21)31-2)24(29)26-14-23-27-19-9-5-6-10-20(19)28(23)15-17-7-3-4-8-18(17)25/h3-13H,14-15H2,1-2H3,(H,26,29). The molecule has 1 heterocycles. The third kappa shape index (κ3) is 4.34. The minimum absolute atomic E-state index is 0.225. The van der Waals surface area contributed by atoms with Crippen LogP contribution in [0, 0.1) is 0 Å². The number of carbonyl (C=O) groups excluding carboxylic acids is 1. The molecule has 0 aliphatic carbocycles. The van der Waals surface area contributed by atoms with Crippen LogP contribution >= 0.6 is 11.6 Å². The first-order valence-electron chi connectivity index (χ1n) is 9.78. The average molecular weight is 436 g/mol. The molecule has 1 amide bonds. The Morgan fingerprint density at radius 3 is 2.52 bits per heavy atom. The van der Waals surface area contributed by atoms with Gasteiger partial charge in [0.1, 0.15) is 5.82 Å². The molecule has 158 valence electrons. The lowest BCUT2D eigenvalue weighted by atomic mass is 10.2. The largest absolute Gasteiger partial charge is 0.493 e. The fourth-order valence-electron chi connectivity index (χ4n) is 3.47. The number of fused-ring (bicyclic) bond motifs is 1. The molecule has 3 aromatic carbocycles. The Hall–Kier alpha value is -3.51. The van der Waals surface area contributed by atoms with Crippen molar-refractivity contribution < 1.29 is 14.3 Å². The van der Waals surface area contributed by atoms with Gasteiger partial charge in [-0.2, -0.15) is 0 Å². The summed E-state index contributed by atoms with van der Waals surface area (Å²) >= 11 is 6.38. The predicted octanol–water partition coefficient (Wildman–Crippen LogP) is 4.69. The predicted molar refractivity (Wildman–Crippen MR) is 121 cm³/mol. The van der Waals surface area contributed by atoms with Crippen molar-refractivity contribution in [3.05, 3.63) is 88.7 Å². The lowest BCUT2D eigenvalue weighted by Crippen LogP contribution is -2.25. The summed E-state index contributed by atoms with van der Waals surface area (Å²) in [4.78, 5) is 17.5. The van der Waals surface area contributed by atoms with Crippen molar-refractivity contribution >= 4 is 28.5 Å². The maximum atomic E-state index is 12.8. The molecule has 1 N–H and O–H groups in total. The Morgan fingerprint density at radius 2 is 1.74 bits per heavy atom. The molecule has 4 aromatic rings. The van der Waals surface area contributed by atoms with E-state index in [1.807, 2.05) is 48.5 Å². The van der Waals surface area contributed by atoms with E-state index in [2.05, 4.69) is 9.88 Å². The normalized spacial score (nSPS) is 10.8. The summed E-state index contributed by atoms with van der Waals surface area (Å²) in [5.74, 6) is 1.59. The second-order valence-corrected chi connectivity index (χ2v) is 7.35. The molecule has 0 unspecified atom stereocenters. The number of hydrogen-bond acceptors (Lipinski definition) is 4. The van der Waals surface area contributed by atoms with Gasteiger partial charge in [-0.3, -0.25) is 4.79 Å². The molecule has 0 radical (unpaired) electrons. The number of nitrogens with zero attached hydrogens (tertiary/aromatic N) is 2. The van der Waals surface area contributed by atoms with E-state index < -0.39 is 0 Å². The Morgan fingerprint density at radius 1 is 1.00 bits per heavy atom. The summed E-state index contributed by atoms with van der Waals surface area (Å²) in [6.07, 6.45) is 0. The second kappa shape index (κ2) is 9.10. The molecule has 6 nitrogen and oxygen atoms in total. The quantitative estimate of drug-likeness (QED) is 0.457. The summed E-state index contributed by atoms with van der Waals surface area (Å²) < 4.78 is 12.6. The van der Waals surface area contributed by atoms with Crippen LogP contribution < -0.4 is 14.8 Å². The van der Waals surface area contributed by atoms with E-state index in [1.54, 1.807) is 25.3 Å². The molecule has 0 saturated heterocycles. The zero-order valence-corrected chi connectivity index (χ0v) is 18.0. The molecule has 4 rings (SSSR count). The van der Waals surface area contributed by atoms with Gasteiger partial charge in [0.2, 0.25) is 0 Å². The molecule has 0 saturated carbocycles. The molecule has 0 aliphatic rings. The molecule has 0 bridgehead atoms. The monoisotopic (exact) mass is 435 g/mol. The van der Waals surface area contributed by atoms with Gasteiger partial charge in [0, 0.05) is 10.6 Å². The van der Waals surface area contributed by atoms with Gasteiger partial charge in [-0.05, 0) is 42.0 Å². The Labute approximate surface area is 185 Å². The highest BCUT2D eigenvalue weighted by molar-refractivity contribution is 6.31. The lowest BCUT2D eigenvalue weighted by molar-refractivity contribution is 0.0949. The van der Waals surface area contributed by atoms with E-state index >= 15 is 0 Å². The van der Waals surface area contributed by atoms with E-state index in [-0.39, 0.29) is 12.5 Å². The van der Waals surface area contributed by atoms with Gasteiger partial charge < -0.3 is 19.4 Å². The second-order valence-electron chi connectivity index (χ2n) is 6.95. The number of methoxy groups -OCH3 is 2. The summed E-state index contributed by atoms with van der Waals surface area (Å²) in [5.41, 5.74) is 3.31. The average Bonchev–Trinajstić information content (AvgIpc) is 3.15. The van der Waals surface area contributed by atoms with Gasteiger partial charge in [-0.1, -0.05) is 41.9 Å². The molecule has 0 atom stereocenters. The number of carbonyl (C=O) groups is 1. The molecule has 7 heteroatoms. The van der Waals surface area contributed by atoms with Crippen molar-refractivity contribution in [3.8, 4) is 11.5 Å². The van der Waals surface area contributed by atoms with Crippen molar-refractivity contribution in [1.29, 1.82) is 0 Å². The van der Waals surface area contributed by atoms with E-state index in [1.165, 1.54) is 7.11 Å². The van der Waals surface area contributed by atoms with Crippen molar-refractivity contribution in [2.75, 3.05) is 14.2 Å². The highest BCUT2D eigenvalue weighted by Gasteiger charge is 2.15. The van der Waals surface area contributed by atoms with Gasteiger partial charge in [-0.15, -0.1) is 0 Å². The van der Waals surface area contributed by atoms with Gasteiger partial charge in [0.05, 0.1) is 38.3 Å². The zero-order chi connectivity index (χ0) is 21.8. The minimum Gasteiger partial charge on any atom is -0.493 e. The van der Waals surface area contributed by atoms with Crippen LogP contribution in [0.25, 0.3) is 11.0 Å². The number of aromatic nitrogens is 2. The van der Waals surface area contributed by atoms with Crippen LogP contribution in [0.15, 0.2) is 66.7 Å². The molecule has 31 heavy (non-hydrogen) atoms. The molecule has 0 fully saturated rings. The first-order valence-corrected chi connectivity index (χ1v) is 10.2. The Balaban J connectivity index is 1.60. The third-order valence-corrected chi connectivity index (χ3v) is 5.44. The number of para-hydroxylation sites is 2. The van der Waals surface area contributed by atoms with Crippen LogP contribution in [0.5, 0.6) is 11.5 Å². The van der Waals surface area contributed by atoms with Crippen LogP contribution in [0.1, 0.15) is 21.7 Å². The van der Waals surface area contributed by atoms with Gasteiger partial charge >= 0.3 is 0 Å². The van der Waals surface area contributed by atoms with Gasteiger partial charge in [0.25, 0.3) is 5.91 Å². The number of benzene rings is 3. The molecule has 0 spiro atoms. The summed E-state index contributed by atoms with van der Waals surface area (Å²) in [7, 11) is 3.09. The van der Waals surface area contributed by atoms with Crippen LogP contribution in [0.3, 0.4) is 0 Å². The van der Waals surface area contributed by atoms with E-state index in [0.717, 1.165) is 22.4 Å². The van der Waals surface area contributed by atoms with E-state index in [4.69, 9.17) is 26.1 Å². The van der Waals surface area contributed by atoms with Crippen LogP contribution in [-0.2, 0) is 13.1 Å². The van der Waals surface area contributed by atoms with Gasteiger partial charge in [0.15, 0.2) is 11.5 Å². The van der Waals surface area contributed by atoms with E-state index in [9.17, 15) is 4.79 Å². The fraction of sp³-hybridized carbons (Fsp3) is 0.167. The highest BCUT2D eigenvalue weighted by Crippen LogP contribution is 2.27. The van der Waals surface area contributed by atoms with Gasteiger partial charge in [-0.25, -0.2) is 4.98 Å². The van der Waals surface area contributed by atoms with E-state index in [0.29, 0.717) is 28.6 Å². The Bertz CT molecular complexity index is 1240. The summed E-state index contributed by atoms with van der Waals surface area (Å²) in [5, 5.41) is 3.65. The number of amides is 1. The summed E-state index contributed by atoms with van der Waals surface area (Å²) in [6.45, 7) is 0.827. The smallest absolute Gasteiger partial charge is 0.251 e. The third-order valence-electron chi connectivity index (χ3n) is 5.07. The number of hydrogen-bond donors (Lipinski definition) is 1. The maximum Gasteiger partial charge on any atom is 0.251 e. The van der Waals surface area contributed by atoms with Crippen LogP contribution in [0.2, 0.25) is 5.02 Å². The van der Waals surface area contributed by atoms with Crippen LogP contribution in [-0.4, -0.2) is 29.7 Å². The number of halogens is 1. The van der Waals surface area contributed by atoms with Crippen molar-refractivity contribution in [3.63, 3.8) is 0 Å². The fourth-order valence-corrected chi connectivity index (χ4v) is 3.67. The summed E-state index contributed by atoms with van der Waals surface area (Å²) in [6, 6.07) is 20.7. The van der Waals surface area contributed by atoms with Crippen LogP contribution in [0.4, 0.5) is 0 Å². The molecular formula is C24H22ClN3O3. The zero-order valence-electron chi connectivity index (χ0n) is 17.3. The topological polar surface area (TPSA) is 65.4 Å². The Kier molecular flexibility index (Phi) is 6.09. The number of ether oxygens (including phenoxy) is 2. The molecular weight excluding hydrogens is 414 g/mol. The first-order chi connectivity index (χ1) is 15.1. The molecule has 0 aliphatic heterocycles. The molecule has 1 aromatic heterocycles. The number of imidazole rings is 1. The SMILES string of the molecule is COc1ccc(C(=O)NCc2nc3ccccc3n2Cc2ccccc2Cl)cc1OC. The van der Waals surface area contributed by atoms with Crippen molar-refractivity contribution in [2.45, 2.75) is 13.1 Å². The first kappa shape index (κ1) is 20.8. The minimum atomic E-state index is -0.225. The van der Waals surface area contributed by atoms with Crippen molar-refractivity contribution in [1.82, 2.24) is 14.9 Å². The number of nitrogens with one attached hydrogen (secondary N) is 1. The number of rotatable bonds is 7.